The first kappa shape index (κ1) is 15.1. The molecule has 0 aliphatic carbocycles. The Morgan fingerprint density at radius 1 is 1.31 bits per heavy atom. The summed E-state index contributed by atoms with van der Waals surface area (Å²) in [6.45, 7) is 5.31. The summed E-state index contributed by atoms with van der Waals surface area (Å²) in [5.74, 6) is -3.08. The maximum Gasteiger partial charge on any atom is 0.407 e. The van der Waals surface area contributed by atoms with Crippen molar-refractivity contribution in [1.82, 2.24) is 5.32 Å². The molecule has 1 amide bonds. The molecule has 0 unspecified atom stereocenters. The van der Waals surface area contributed by atoms with Crippen LogP contribution in [0.5, 0.6) is 0 Å². The summed E-state index contributed by atoms with van der Waals surface area (Å²) in [5.41, 5.74) is -0.695. The molecule has 0 aromatic heterocycles. The van der Waals surface area contributed by atoms with Gasteiger partial charge in [-0.2, -0.15) is 0 Å². The minimum Gasteiger partial charge on any atom is -0.444 e. The van der Waals surface area contributed by atoms with E-state index in [-0.39, 0.29) is 6.61 Å². The van der Waals surface area contributed by atoms with Crippen LogP contribution in [0.15, 0.2) is 0 Å². The number of halogens is 2. The normalized spacial score (nSPS) is 12.4. The number of carbonyl (C=O) groups excluding carboxylic acids is 1. The van der Waals surface area contributed by atoms with E-state index in [0.717, 1.165) is 0 Å². The molecule has 0 atom stereocenters. The van der Waals surface area contributed by atoms with Gasteiger partial charge in [-0.15, -0.1) is 0 Å². The van der Waals surface area contributed by atoms with Gasteiger partial charge < -0.3 is 14.8 Å². The quantitative estimate of drug-likeness (QED) is 0.800. The molecule has 0 saturated carbocycles. The van der Waals surface area contributed by atoms with Crippen molar-refractivity contribution in [3.63, 3.8) is 0 Å². The van der Waals surface area contributed by atoms with Crippen molar-refractivity contribution in [2.75, 3.05) is 19.8 Å². The molecule has 0 heterocycles. The SMILES string of the molecule is CCOCC(F)(F)CNC(=O)OC(C)(C)C. The Morgan fingerprint density at radius 3 is 2.31 bits per heavy atom. The third-order valence-electron chi connectivity index (χ3n) is 1.41. The van der Waals surface area contributed by atoms with Gasteiger partial charge in [-0.3, -0.25) is 0 Å². The van der Waals surface area contributed by atoms with Gasteiger partial charge in [-0.05, 0) is 27.7 Å². The zero-order valence-electron chi connectivity index (χ0n) is 10.1. The highest BCUT2D eigenvalue weighted by molar-refractivity contribution is 5.67. The van der Waals surface area contributed by atoms with E-state index < -0.39 is 30.8 Å². The zero-order valence-corrected chi connectivity index (χ0v) is 10.1. The molecule has 0 fully saturated rings. The lowest BCUT2D eigenvalue weighted by atomic mass is 10.2. The van der Waals surface area contributed by atoms with Crippen LogP contribution >= 0.6 is 0 Å². The van der Waals surface area contributed by atoms with Gasteiger partial charge in [0.25, 0.3) is 5.92 Å². The van der Waals surface area contributed by atoms with Crippen molar-refractivity contribution in [1.29, 1.82) is 0 Å². The maximum atomic E-state index is 13.0. The summed E-state index contributed by atoms with van der Waals surface area (Å²) in [7, 11) is 0. The fourth-order valence-electron chi connectivity index (χ4n) is 0.818. The van der Waals surface area contributed by atoms with Crippen LogP contribution in [0.4, 0.5) is 13.6 Å². The average molecular weight is 239 g/mol. The monoisotopic (exact) mass is 239 g/mol. The number of hydrogen-bond donors (Lipinski definition) is 1. The Morgan fingerprint density at radius 2 is 1.88 bits per heavy atom. The minimum absolute atomic E-state index is 0.210. The molecule has 0 spiro atoms. The second kappa shape index (κ2) is 5.98. The van der Waals surface area contributed by atoms with E-state index in [4.69, 9.17) is 4.74 Å². The molecular weight excluding hydrogens is 220 g/mol. The van der Waals surface area contributed by atoms with E-state index in [1.165, 1.54) is 0 Å². The van der Waals surface area contributed by atoms with Crippen molar-refractivity contribution in [2.24, 2.45) is 0 Å². The van der Waals surface area contributed by atoms with Crippen LogP contribution in [0, 0.1) is 0 Å². The van der Waals surface area contributed by atoms with Crippen molar-refractivity contribution in [2.45, 2.75) is 39.2 Å². The lowest BCUT2D eigenvalue weighted by Crippen LogP contribution is -2.42. The molecule has 0 aliphatic heterocycles. The second-order valence-corrected chi connectivity index (χ2v) is 4.35. The molecule has 16 heavy (non-hydrogen) atoms. The molecular formula is C10H19F2NO3. The number of ether oxygens (including phenoxy) is 2. The number of rotatable bonds is 5. The molecule has 96 valence electrons. The third-order valence-corrected chi connectivity index (χ3v) is 1.41. The second-order valence-electron chi connectivity index (χ2n) is 4.35. The van der Waals surface area contributed by atoms with Crippen LogP contribution in [-0.4, -0.2) is 37.4 Å². The fourth-order valence-corrected chi connectivity index (χ4v) is 0.818. The Labute approximate surface area is 94.3 Å². The van der Waals surface area contributed by atoms with Gasteiger partial charge in [0.05, 0.1) is 6.54 Å². The van der Waals surface area contributed by atoms with E-state index in [0.29, 0.717) is 0 Å². The molecule has 0 radical (unpaired) electrons. The Bertz CT molecular complexity index is 227. The summed E-state index contributed by atoms with van der Waals surface area (Å²) in [5, 5.41) is 2.00. The van der Waals surface area contributed by atoms with Gasteiger partial charge in [0, 0.05) is 6.61 Å². The molecule has 0 bridgehead atoms. The number of nitrogens with one attached hydrogen (secondary N) is 1. The number of amides is 1. The van der Waals surface area contributed by atoms with Crippen LogP contribution in [0.1, 0.15) is 27.7 Å². The highest BCUT2D eigenvalue weighted by Crippen LogP contribution is 2.13. The van der Waals surface area contributed by atoms with Crippen molar-refractivity contribution in [3.8, 4) is 0 Å². The Balaban J connectivity index is 3.90. The average Bonchev–Trinajstić information content (AvgIpc) is 2.09. The largest absolute Gasteiger partial charge is 0.444 e. The molecule has 0 aliphatic rings. The summed E-state index contributed by atoms with van der Waals surface area (Å²) in [4.78, 5) is 11.1. The van der Waals surface area contributed by atoms with E-state index in [1.807, 2.05) is 5.32 Å². The molecule has 4 nitrogen and oxygen atoms in total. The van der Waals surface area contributed by atoms with Crippen molar-refractivity contribution >= 4 is 6.09 Å². The number of hydrogen-bond acceptors (Lipinski definition) is 3. The summed E-state index contributed by atoms with van der Waals surface area (Å²) < 4.78 is 35.4. The van der Waals surface area contributed by atoms with Crippen LogP contribution in [0.2, 0.25) is 0 Å². The van der Waals surface area contributed by atoms with Gasteiger partial charge >= 0.3 is 6.09 Å². The highest BCUT2D eigenvalue weighted by Gasteiger charge is 2.30. The standard InChI is InChI=1S/C10H19F2NO3/c1-5-15-7-10(11,12)6-13-8(14)16-9(2,3)4/h5-7H2,1-4H3,(H,13,14). The third kappa shape index (κ3) is 8.40. The Hall–Kier alpha value is -0.910. The summed E-state index contributed by atoms with van der Waals surface area (Å²) >= 11 is 0. The van der Waals surface area contributed by atoms with Crippen molar-refractivity contribution < 1.29 is 23.0 Å². The van der Waals surface area contributed by atoms with Gasteiger partial charge in [0.1, 0.15) is 12.2 Å². The predicted octanol–water partition coefficient (Wildman–Crippen LogP) is 2.18. The first-order valence-corrected chi connectivity index (χ1v) is 5.09. The minimum atomic E-state index is -3.08. The van der Waals surface area contributed by atoms with Crippen LogP contribution in [0.25, 0.3) is 0 Å². The number of alkyl carbamates (subject to hydrolysis) is 1. The molecule has 6 heteroatoms. The zero-order chi connectivity index (χ0) is 12.8. The summed E-state index contributed by atoms with van der Waals surface area (Å²) in [6, 6.07) is 0. The molecule has 0 aromatic carbocycles. The summed E-state index contributed by atoms with van der Waals surface area (Å²) in [6.07, 6.45) is -0.858. The maximum absolute atomic E-state index is 13.0. The highest BCUT2D eigenvalue weighted by atomic mass is 19.3. The molecule has 0 saturated heterocycles. The van der Waals surface area contributed by atoms with E-state index >= 15 is 0 Å². The van der Waals surface area contributed by atoms with Gasteiger partial charge in [-0.1, -0.05) is 0 Å². The number of alkyl halides is 2. The molecule has 1 N–H and O–H groups in total. The lowest BCUT2D eigenvalue weighted by Gasteiger charge is -2.21. The molecule has 0 aromatic rings. The number of carbonyl (C=O) groups is 1. The van der Waals surface area contributed by atoms with E-state index in [9.17, 15) is 13.6 Å². The smallest absolute Gasteiger partial charge is 0.407 e. The van der Waals surface area contributed by atoms with Crippen LogP contribution < -0.4 is 5.32 Å². The first-order chi connectivity index (χ1) is 7.16. The predicted molar refractivity (Wildman–Crippen MR) is 55.7 cm³/mol. The van der Waals surface area contributed by atoms with Gasteiger partial charge in [0.15, 0.2) is 0 Å². The van der Waals surface area contributed by atoms with Crippen molar-refractivity contribution in [3.05, 3.63) is 0 Å². The lowest BCUT2D eigenvalue weighted by molar-refractivity contribution is -0.0726. The van der Waals surface area contributed by atoms with Gasteiger partial charge in [-0.25, -0.2) is 13.6 Å². The van der Waals surface area contributed by atoms with E-state index in [2.05, 4.69) is 4.74 Å². The van der Waals surface area contributed by atoms with Crippen LogP contribution in [-0.2, 0) is 9.47 Å². The molecule has 0 rings (SSSR count). The topological polar surface area (TPSA) is 47.6 Å². The Kier molecular flexibility index (Phi) is 5.64. The van der Waals surface area contributed by atoms with Gasteiger partial charge in [0.2, 0.25) is 0 Å². The first-order valence-electron chi connectivity index (χ1n) is 5.09. The van der Waals surface area contributed by atoms with E-state index in [1.54, 1.807) is 27.7 Å². The van der Waals surface area contributed by atoms with Crippen LogP contribution in [0.3, 0.4) is 0 Å². The fraction of sp³-hybridized carbons (Fsp3) is 0.900.